The first kappa shape index (κ1) is 17.0. The summed E-state index contributed by atoms with van der Waals surface area (Å²) < 4.78 is 34.4. The molecule has 3 heterocycles. The van der Waals surface area contributed by atoms with Crippen molar-refractivity contribution >= 4 is 42.9 Å². The average Bonchev–Trinajstić information content (AvgIpc) is 3.21. The number of thiazole rings is 1. The zero-order chi connectivity index (χ0) is 17.4. The molecular weight excluding hydrogens is 376 g/mol. The van der Waals surface area contributed by atoms with E-state index in [1.165, 1.54) is 22.7 Å². The Balaban J connectivity index is 1.41. The summed E-state index contributed by atoms with van der Waals surface area (Å²) in [7, 11) is -3.37. The van der Waals surface area contributed by atoms with E-state index in [1.54, 1.807) is 10.4 Å². The summed E-state index contributed by atoms with van der Waals surface area (Å²) in [5.74, 6) is 0. The number of hydrogen-bond acceptors (Lipinski definition) is 6. The Morgan fingerprint density at radius 2 is 1.88 bits per heavy atom. The van der Waals surface area contributed by atoms with Crippen molar-refractivity contribution in [2.45, 2.75) is 30.1 Å². The van der Waals surface area contributed by atoms with Crippen LogP contribution in [0.15, 0.2) is 40.6 Å². The second kappa shape index (κ2) is 6.68. The maximum atomic E-state index is 12.7. The predicted octanol–water partition coefficient (Wildman–Crippen LogP) is 3.90. The van der Waals surface area contributed by atoms with E-state index in [4.69, 9.17) is 4.74 Å². The molecule has 0 aliphatic carbocycles. The number of sulfonamides is 1. The molecule has 8 heteroatoms. The van der Waals surface area contributed by atoms with Crippen molar-refractivity contribution in [3.05, 3.63) is 41.3 Å². The third kappa shape index (κ3) is 3.44. The highest BCUT2D eigenvalue weighted by atomic mass is 32.2. The molecule has 4 rings (SSSR count). The molecule has 5 nitrogen and oxygen atoms in total. The third-order valence-electron chi connectivity index (χ3n) is 4.25. The van der Waals surface area contributed by atoms with E-state index in [-0.39, 0.29) is 6.10 Å². The maximum Gasteiger partial charge on any atom is 0.274 e. The van der Waals surface area contributed by atoms with Crippen molar-refractivity contribution in [2.75, 3.05) is 13.1 Å². The molecule has 0 bridgehead atoms. The number of aryl methyl sites for hydroxylation is 1. The van der Waals surface area contributed by atoms with Crippen molar-refractivity contribution in [1.29, 1.82) is 0 Å². The van der Waals surface area contributed by atoms with E-state index in [2.05, 4.69) is 4.98 Å². The largest absolute Gasteiger partial charge is 0.467 e. The van der Waals surface area contributed by atoms with Crippen LogP contribution < -0.4 is 4.74 Å². The quantitative estimate of drug-likeness (QED) is 0.673. The van der Waals surface area contributed by atoms with Crippen LogP contribution >= 0.6 is 22.7 Å². The Labute approximate surface area is 154 Å². The van der Waals surface area contributed by atoms with Crippen LogP contribution in [0.4, 0.5) is 0 Å². The number of piperidine rings is 1. The number of fused-ring (bicyclic) bond motifs is 1. The minimum absolute atomic E-state index is 0.0112. The number of benzene rings is 1. The predicted molar refractivity (Wildman–Crippen MR) is 101 cm³/mol. The molecule has 1 aromatic carbocycles. The number of hydrogen-bond donors (Lipinski definition) is 0. The van der Waals surface area contributed by atoms with Crippen LogP contribution in [0.25, 0.3) is 10.2 Å². The number of aromatic nitrogens is 1. The van der Waals surface area contributed by atoms with Gasteiger partial charge in [-0.2, -0.15) is 4.31 Å². The molecule has 132 valence electrons. The highest BCUT2D eigenvalue weighted by Gasteiger charge is 2.31. The lowest BCUT2D eigenvalue weighted by molar-refractivity contribution is 0.135. The van der Waals surface area contributed by atoms with Gasteiger partial charge in [-0.05, 0) is 44.0 Å². The smallest absolute Gasteiger partial charge is 0.274 e. The lowest BCUT2D eigenvalue weighted by atomic mass is 10.1. The first-order valence-electron chi connectivity index (χ1n) is 8.11. The molecule has 1 saturated heterocycles. The number of nitrogens with zero attached hydrogens (tertiary/aromatic N) is 2. The lowest BCUT2D eigenvalue weighted by Gasteiger charge is -2.30. The fourth-order valence-electron chi connectivity index (χ4n) is 2.91. The van der Waals surface area contributed by atoms with E-state index >= 15 is 0 Å². The zero-order valence-corrected chi connectivity index (χ0v) is 16.2. The molecule has 0 radical (unpaired) electrons. The van der Waals surface area contributed by atoms with Crippen molar-refractivity contribution < 1.29 is 13.2 Å². The van der Waals surface area contributed by atoms with Gasteiger partial charge in [0.1, 0.15) is 10.3 Å². The molecule has 0 amide bonds. The van der Waals surface area contributed by atoms with Crippen LogP contribution in [0.1, 0.15) is 17.7 Å². The SMILES string of the molecule is Cc1ccc(S(=O)(=O)N2CCC(Oc3nc4ccccc4s3)CC2)s1. The van der Waals surface area contributed by atoms with Crippen molar-refractivity contribution in [3.63, 3.8) is 0 Å². The van der Waals surface area contributed by atoms with Crippen molar-refractivity contribution in [1.82, 2.24) is 9.29 Å². The summed E-state index contributed by atoms with van der Waals surface area (Å²) in [6.07, 6.45) is 1.37. The van der Waals surface area contributed by atoms with Crippen LogP contribution in [0.5, 0.6) is 5.19 Å². The van der Waals surface area contributed by atoms with Gasteiger partial charge in [-0.25, -0.2) is 13.4 Å². The van der Waals surface area contributed by atoms with Gasteiger partial charge in [-0.3, -0.25) is 0 Å². The van der Waals surface area contributed by atoms with Gasteiger partial charge >= 0.3 is 0 Å². The zero-order valence-electron chi connectivity index (χ0n) is 13.7. The van der Waals surface area contributed by atoms with E-state index in [0.717, 1.165) is 15.1 Å². The first-order chi connectivity index (χ1) is 12.0. The van der Waals surface area contributed by atoms with Crippen molar-refractivity contribution in [3.8, 4) is 5.19 Å². The minimum atomic E-state index is -3.37. The van der Waals surface area contributed by atoms with Gasteiger partial charge in [-0.1, -0.05) is 23.5 Å². The molecule has 2 aromatic heterocycles. The van der Waals surface area contributed by atoms with E-state index in [9.17, 15) is 8.42 Å². The molecule has 0 atom stereocenters. The summed E-state index contributed by atoms with van der Waals surface area (Å²) in [4.78, 5) is 5.50. The minimum Gasteiger partial charge on any atom is -0.467 e. The Kier molecular flexibility index (Phi) is 4.53. The summed E-state index contributed by atoms with van der Waals surface area (Å²) >= 11 is 2.86. The van der Waals surface area contributed by atoms with Crippen LogP contribution in [-0.2, 0) is 10.0 Å². The molecule has 1 fully saturated rings. The molecule has 0 spiro atoms. The molecule has 0 saturated carbocycles. The maximum absolute atomic E-state index is 12.7. The highest BCUT2D eigenvalue weighted by Crippen LogP contribution is 2.31. The van der Waals surface area contributed by atoms with E-state index in [1.807, 2.05) is 37.3 Å². The molecule has 3 aromatic rings. The van der Waals surface area contributed by atoms with Gasteiger partial charge in [0.2, 0.25) is 0 Å². The Morgan fingerprint density at radius 1 is 1.12 bits per heavy atom. The molecule has 1 aliphatic rings. The fourth-order valence-corrected chi connectivity index (χ4v) is 6.70. The second-order valence-electron chi connectivity index (χ2n) is 6.03. The molecule has 1 aliphatic heterocycles. The fraction of sp³-hybridized carbons (Fsp3) is 0.353. The number of para-hydroxylation sites is 1. The van der Waals surface area contributed by atoms with Crippen LogP contribution in [0.2, 0.25) is 0 Å². The summed E-state index contributed by atoms with van der Waals surface area (Å²) in [6, 6.07) is 11.5. The Hall–Kier alpha value is -1.48. The van der Waals surface area contributed by atoms with Crippen LogP contribution in [0.3, 0.4) is 0 Å². The Bertz CT molecular complexity index is 952. The van der Waals surface area contributed by atoms with Gasteiger partial charge in [-0.15, -0.1) is 11.3 Å². The average molecular weight is 395 g/mol. The normalized spacial score (nSPS) is 17.2. The van der Waals surface area contributed by atoms with Gasteiger partial charge < -0.3 is 4.74 Å². The standard InChI is InChI=1S/C17H18N2O3S3/c1-12-6-7-16(23-12)25(20,21)19-10-8-13(9-11-19)22-17-18-14-4-2-3-5-15(14)24-17/h2-7,13H,8-11H2,1H3. The van der Waals surface area contributed by atoms with Gasteiger partial charge in [0, 0.05) is 18.0 Å². The summed E-state index contributed by atoms with van der Waals surface area (Å²) in [5, 5.41) is 0.663. The summed E-state index contributed by atoms with van der Waals surface area (Å²) in [6.45, 7) is 2.88. The van der Waals surface area contributed by atoms with Gasteiger partial charge in [0.15, 0.2) is 0 Å². The second-order valence-corrected chi connectivity index (χ2v) is 10.5. The number of ether oxygens (including phenoxy) is 1. The van der Waals surface area contributed by atoms with Crippen LogP contribution in [-0.4, -0.2) is 36.9 Å². The van der Waals surface area contributed by atoms with E-state index in [0.29, 0.717) is 35.3 Å². The van der Waals surface area contributed by atoms with Crippen LogP contribution in [0, 0.1) is 6.92 Å². The Morgan fingerprint density at radius 3 is 2.56 bits per heavy atom. The number of rotatable bonds is 4. The molecule has 0 unspecified atom stereocenters. The lowest BCUT2D eigenvalue weighted by Crippen LogP contribution is -2.41. The topological polar surface area (TPSA) is 59.5 Å². The third-order valence-corrected chi connectivity index (χ3v) is 8.55. The van der Waals surface area contributed by atoms with Crippen molar-refractivity contribution in [2.24, 2.45) is 0 Å². The molecular formula is C17H18N2O3S3. The first-order valence-corrected chi connectivity index (χ1v) is 11.2. The van der Waals surface area contributed by atoms with Gasteiger partial charge in [0.25, 0.3) is 15.2 Å². The number of thiophene rings is 1. The highest BCUT2D eigenvalue weighted by molar-refractivity contribution is 7.91. The summed E-state index contributed by atoms with van der Waals surface area (Å²) in [5.41, 5.74) is 0.940. The molecule has 25 heavy (non-hydrogen) atoms. The molecule has 0 N–H and O–H groups in total. The monoisotopic (exact) mass is 394 g/mol. The van der Waals surface area contributed by atoms with E-state index < -0.39 is 10.0 Å². The van der Waals surface area contributed by atoms with Gasteiger partial charge in [0.05, 0.1) is 10.2 Å².